The molecule has 0 unspecified atom stereocenters. The molecule has 5 heterocycles. The number of halogens is 8. The number of nitrogens with zero attached hydrogens (tertiary/aromatic N) is 11. The Bertz CT molecular complexity index is 5480. The number of ether oxygens (including phenoxy) is 1. The average Bonchev–Trinajstić information content (AvgIpc) is 0.827. The van der Waals surface area contributed by atoms with E-state index >= 15 is 0 Å². The maximum absolute atomic E-state index is 13.6. The van der Waals surface area contributed by atoms with Gasteiger partial charge >= 0.3 is 0 Å². The zero-order chi connectivity index (χ0) is 82.2. The van der Waals surface area contributed by atoms with Gasteiger partial charge in [0.2, 0.25) is 40.1 Å². The first-order valence-corrected chi connectivity index (χ1v) is 47.7. The van der Waals surface area contributed by atoms with Gasteiger partial charge < -0.3 is 19.4 Å². The fourth-order valence-corrected chi connectivity index (χ4v) is 26.3. The predicted molar refractivity (Wildman–Crippen MR) is 455 cm³/mol. The lowest BCUT2D eigenvalue weighted by atomic mass is 10.1. The van der Waals surface area contributed by atoms with Crippen LogP contribution in [0.3, 0.4) is 0 Å². The van der Waals surface area contributed by atoms with Gasteiger partial charge in [0.05, 0.1) is 99.4 Å². The van der Waals surface area contributed by atoms with Gasteiger partial charge in [0.1, 0.15) is 0 Å². The number of rotatable bonds is 18. The average molecular weight is 1850 g/mol. The summed E-state index contributed by atoms with van der Waals surface area (Å²) in [5.74, 6) is 0. The van der Waals surface area contributed by atoms with E-state index in [-0.39, 0.29) is 38.2 Å². The fraction of sp³-hybridized carbons (Fsp3) is 0.333. The Labute approximate surface area is 725 Å². The predicted octanol–water partition coefficient (Wildman–Crippen LogP) is 18.4. The van der Waals surface area contributed by atoms with Gasteiger partial charge in [-0.3, -0.25) is 0 Å². The van der Waals surface area contributed by atoms with Gasteiger partial charge in [0.25, 0.3) is 0 Å². The minimum atomic E-state index is -3.76. The largest absolute Gasteiger partial charge is 0.379 e. The highest BCUT2D eigenvalue weighted by molar-refractivity contribution is 8.01. The highest BCUT2D eigenvalue weighted by atomic mass is 35.5. The summed E-state index contributed by atoms with van der Waals surface area (Å²) >= 11 is 54.2. The number of hydrogen-bond acceptors (Lipinski definition) is 20. The standard InChI is InChI=1S/C22H23Cl2N3O2S2.C20H21Cl2N3O2S2.C19H19Cl2N3O2S2.C17H14Cl2N2O3S2/c23-17-4-5-19(24)21(14-17)30-20-6-3-16(15-25)13-22(20)31(28,29)27-11-7-18(8-12-27)26-9-1-2-10-26;1-24(2)16-7-9-25(10-8-16)29(26,27)20-11-14(13-23)3-6-18(20)28-19-12-15(21)4-5-17(19)22;1-23-7-2-8-24(10-9-23)28(25,26)19-11-14(13-22)3-6-17(19)27-18-12-15(20)4-5-16(18)21;18-13-2-3-14(19)16(10-13)25-15-4-1-12(11-20)9-17(15)26(22,23)21-5-7-24-8-6-21/h3-6,13-14,18H,1-2,7-12H2;3-6,11-12,16H,7-10H2,1-2H3;3-6,11-12H,2,7-10H2,1H3;1-4,9-10H,5-8H2. The van der Waals surface area contributed by atoms with E-state index in [1.807, 2.05) is 39.4 Å². The third-order valence-corrected chi connectivity index (χ3v) is 34.6. The molecule has 5 aliphatic heterocycles. The molecule has 0 radical (unpaired) electrons. The molecule has 0 N–H and O–H groups in total. The molecule has 5 aliphatic rings. The van der Waals surface area contributed by atoms with Crippen LogP contribution in [-0.4, -0.2) is 191 Å². The number of likely N-dealkylation sites (N-methyl/N-ethyl adjacent to an activating group) is 1. The molecule has 0 atom stereocenters. The van der Waals surface area contributed by atoms with E-state index in [9.17, 15) is 54.7 Å². The Balaban J connectivity index is 0.000000161. The van der Waals surface area contributed by atoms with E-state index in [1.54, 1.807) is 126 Å². The van der Waals surface area contributed by atoms with Gasteiger partial charge in [-0.1, -0.05) is 140 Å². The van der Waals surface area contributed by atoms with Crippen molar-refractivity contribution in [2.24, 2.45) is 0 Å². The van der Waals surface area contributed by atoms with Crippen molar-refractivity contribution in [2.75, 3.05) is 113 Å². The van der Waals surface area contributed by atoms with Crippen LogP contribution in [0.25, 0.3) is 0 Å². The van der Waals surface area contributed by atoms with Gasteiger partial charge in [-0.25, -0.2) is 33.7 Å². The zero-order valence-corrected chi connectivity index (χ0v) is 74.3. The van der Waals surface area contributed by atoms with Crippen LogP contribution < -0.4 is 0 Å². The summed E-state index contributed by atoms with van der Waals surface area (Å²) in [6.07, 6.45) is 6.42. The first-order valence-electron chi connectivity index (χ1n) is 35.7. The molecule has 13 rings (SSSR count). The Hall–Kier alpha value is -5.08. The summed E-state index contributed by atoms with van der Waals surface area (Å²) in [6.45, 7) is 7.74. The molecular weight excluding hydrogens is 1780 g/mol. The summed E-state index contributed by atoms with van der Waals surface area (Å²) < 4.78 is 118. The quantitative estimate of drug-likeness (QED) is 0.0772. The Kier molecular flexibility index (Phi) is 33.4. The van der Waals surface area contributed by atoms with Crippen LogP contribution in [0.15, 0.2) is 204 Å². The van der Waals surface area contributed by atoms with Crippen LogP contribution in [0.2, 0.25) is 40.2 Å². The SMILES string of the molecule is CN(C)C1CCN(S(=O)(=O)c2cc(C#N)ccc2Sc2cc(Cl)ccc2Cl)CC1.CN1CCCN(S(=O)(=O)c2cc(C#N)ccc2Sc2cc(Cl)ccc2Cl)CC1.N#Cc1ccc(Sc2cc(Cl)ccc2Cl)c(S(=O)(=O)N2CCC(N3CCCC3)CC2)c1.N#Cc1ccc(Sc2cc(Cl)ccc2Cl)c(S(=O)(=O)N2CCOCC2)c1. The molecule has 0 aliphatic carbocycles. The van der Waals surface area contributed by atoms with Crippen molar-refractivity contribution in [3.63, 3.8) is 0 Å². The van der Waals surface area contributed by atoms with Crippen LogP contribution >= 0.6 is 140 Å². The molecule has 5 fully saturated rings. The van der Waals surface area contributed by atoms with E-state index in [0.717, 1.165) is 51.7 Å². The third kappa shape index (κ3) is 23.7. The second-order valence-corrected chi connectivity index (χ2v) is 42.2. The summed E-state index contributed by atoms with van der Waals surface area (Å²) in [6, 6.07) is 47.9. The summed E-state index contributed by atoms with van der Waals surface area (Å²) in [7, 11) is -9.02. The van der Waals surface area contributed by atoms with Crippen molar-refractivity contribution in [3.05, 3.63) is 208 Å². The van der Waals surface area contributed by atoms with Crippen molar-refractivity contribution in [1.82, 2.24) is 31.9 Å². The Morgan fingerprint density at radius 3 is 0.956 bits per heavy atom. The maximum Gasteiger partial charge on any atom is 0.244 e. The molecule has 0 aromatic heterocycles. The van der Waals surface area contributed by atoms with Crippen LogP contribution in [0, 0.1) is 45.3 Å². The number of morpholine rings is 1. The summed E-state index contributed by atoms with van der Waals surface area (Å²) in [5, 5.41) is 41.1. The monoisotopic (exact) mass is 1850 g/mol. The number of sulfonamides is 4. The summed E-state index contributed by atoms with van der Waals surface area (Å²) in [4.78, 5) is 11.9. The number of piperidine rings is 2. The van der Waals surface area contributed by atoms with E-state index in [1.165, 1.54) is 97.1 Å². The van der Waals surface area contributed by atoms with Crippen molar-refractivity contribution < 1.29 is 38.4 Å². The van der Waals surface area contributed by atoms with Crippen molar-refractivity contribution in [1.29, 1.82) is 21.0 Å². The number of hydrogen-bond donors (Lipinski definition) is 0. The lowest BCUT2D eigenvalue weighted by Crippen LogP contribution is -2.45. The normalized spacial score (nSPS) is 16.8. The van der Waals surface area contributed by atoms with Gasteiger partial charge in [0, 0.05) is 130 Å². The number of nitriles is 4. The van der Waals surface area contributed by atoms with Crippen LogP contribution in [0.1, 0.15) is 67.2 Å². The summed E-state index contributed by atoms with van der Waals surface area (Å²) in [5.41, 5.74) is 1.19. The van der Waals surface area contributed by atoms with Gasteiger partial charge in [-0.05, 0) is 231 Å². The molecule has 0 saturated carbocycles. The minimum absolute atomic E-state index is 0.0829. The van der Waals surface area contributed by atoms with Crippen LogP contribution in [0.5, 0.6) is 0 Å². The third-order valence-electron chi connectivity index (χ3n) is 19.1. The lowest BCUT2D eigenvalue weighted by Gasteiger charge is -2.36. The number of likely N-dealkylation sites (tertiary alicyclic amines) is 1. The van der Waals surface area contributed by atoms with E-state index < -0.39 is 40.1 Å². The lowest BCUT2D eigenvalue weighted by molar-refractivity contribution is 0.0729. The first kappa shape index (κ1) is 91.2. The molecule has 8 aromatic rings. The molecule has 5 saturated heterocycles. The van der Waals surface area contributed by atoms with E-state index in [4.69, 9.17) is 97.5 Å². The molecule has 0 bridgehead atoms. The van der Waals surface area contributed by atoms with Crippen LogP contribution in [-0.2, 0) is 44.8 Å². The molecule has 20 nitrogen and oxygen atoms in total. The molecule has 0 spiro atoms. The van der Waals surface area contributed by atoms with Crippen LogP contribution in [0.4, 0.5) is 0 Å². The molecule has 602 valence electrons. The smallest absolute Gasteiger partial charge is 0.244 e. The Morgan fingerprint density at radius 2 is 0.649 bits per heavy atom. The second kappa shape index (κ2) is 41.7. The van der Waals surface area contributed by atoms with E-state index in [0.29, 0.717) is 167 Å². The minimum Gasteiger partial charge on any atom is -0.379 e. The van der Waals surface area contributed by atoms with E-state index in [2.05, 4.69) is 20.8 Å². The number of benzene rings is 8. The molecule has 0 amide bonds. The molecule has 36 heteroatoms. The second-order valence-electron chi connectivity index (χ2n) is 26.9. The maximum atomic E-state index is 13.6. The highest BCUT2D eigenvalue weighted by Gasteiger charge is 2.37. The molecule has 114 heavy (non-hydrogen) atoms. The zero-order valence-electron chi connectivity index (χ0n) is 61.7. The molecular formula is C78H77Cl8N11O9S8. The highest BCUT2D eigenvalue weighted by Crippen LogP contribution is 2.45. The molecule has 8 aromatic carbocycles. The van der Waals surface area contributed by atoms with Crippen molar-refractivity contribution >= 4 is 180 Å². The topological polar surface area (TPSA) is 264 Å². The fourth-order valence-electron chi connectivity index (χ4n) is 12.9. The van der Waals surface area contributed by atoms with Gasteiger partial charge in [-0.2, -0.15) is 38.3 Å². The van der Waals surface area contributed by atoms with Gasteiger partial charge in [0.15, 0.2) is 0 Å². The Morgan fingerprint density at radius 1 is 0.351 bits per heavy atom. The van der Waals surface area contributed by atoms with Crippen molar-refractivity contribution in [2.45, 2.75) is 116 Å². The first-order chi connectivity index (χ1) is 54.3. The van der Waals surface area contributed by atoms with Gasteiger partial charge in [-0.15, -0.1) is 0 Å². The van der Waals surface area contributed by atoms with Crippen molar-refractivity contribution in [3.8, 4) is 24.3 Å².